The Labute approximate surface area is 103 Å². The molecular weight excluding hydrogens is 213 g/mol. The Morgan fingerprint density at radius 1 is 1.18 bits per heavy atom. The molecule has 1 nitrogen and oxygen atoms in total. The predicted molar refractivity (Wildman–Crippen MR) is 69.3 cm³/mol. The van der Waals surface area contributed by atoms with Gasteiger partial charge in [-0.05, 0) is 30.4 Å². The van der Waals surface area contributed by atoms with Crippen molar-refractivity contribution < 1.29 is 4.39 Å². The zero-order valence-corrected chi connectivity index (χ0v) is 10.4. The molecule has 0 aromatic heterocycles. The van der Waals surface area contributed by atoms with Crippen LogP contribution >= 0.6 is 0 Å². The van der Waals surface area contributed by atoms with Gasteiger partial charge in [-0.1, -0.05) is 50.3 Å². The largest absolute Gasteiger partial charge is 0.327 e. The summed E-state index contributed by atoms with van der Waals surface area (Å²) < 4.78 is 13.5. The molecule has 0 radical (unpaired) electrons. The highest BCUT2D eigenvalue weighted by Gasteiger charge is 2.17. The van der Waals surface area contributed by atoms with E-state index in [9.17, 15) is 4.39 Å². The Kier molecular flexibility index (Phi) is 4.55. The van der Waals surface area contributed by atoms with Crippen LogP contribution in [0.4, 0.5) is 4.39 Å². The van der Waals surface area contributed by atoms with Crippen molar-refractivity contribution in [2.24, 2.45) is 11.7 Å². The third kappa shape index (κ3) is 3.81. The predicted octanol–water partition coefficient (Wildman–Crippen LogP) is 3.67. The molecule has 2 rings (SSSR count). The van der Waals surface area contributed by atoms with E-state index < -0.39 is 0 Å². The molecule has 0 amide bonds. The number of halogens is 1. The van der Waals surface area contributed by atoms with Gasteiger partial charge in [-0.25, -0.2) is 4.39 Å². The fourth-order valence-electron chi connectivity index (χ4n) is 2.88. The second-order valence-corrected chi connectivity index (χ2v) is 5.30. The maximum absolute atomic E-state index is 13.5. The number of rotatable bonds is 4. The van der Waals surface area contributed by atoms with Crippen LogP contribution in [0.25, 0.3) is 0 Å². The molecule has 0 saturated heterocycles. The van der Waals surface area contributed by atoms with Gasteiger partial charge in [0.1, 0.15) is 5.82 Å². The third-order valence-corrected chi connectivity index (χ3v) is 3.80. The first-order chi connectivity index (χ1) is 8.25. The van der Waals surface area contributed by atoms with Crippen LogP contribution in [0.1, 0.15) is 44.1 Å². The lowest BCUT2D eigenvalue weighted by molar-refractivity contribution is 0.316. The Morgan fingerprint density at radius 2 is 1.88 bits per heavy atom. The zero-order chi connectivity index (χ0) is 12.1. The van der Waals surface area contributed by atoms with Gasteiger partial charge in [0.25, 0.3) is 0 Å². The standard InChI is InChI=1S/C15H22FN/c16-15-9-5-4-8-13(15)11-14(17)10-12-6-2-1-3-7-12/h4-5,8-9,12,14H,1-3,6-7,10-11,17H2. The van der Waals surface area contributed by atoms with Crippen molar-refractivity contribution in [2.75, 3.05) is 0 Å². The van der Waals surface area contributed by atoms with Crippen molar-refractivity contribution >= 4 is 0 Å². The summed E-state index contributed by atoms with van der Waals surface area (Å²) in [5.41, 5.74) is 6.90. The topological polar surface area (TPSA) is 26.0 Å². The average molecular weight is 235 g/mol. The summed E-state index contributed by atoms with van der Waals surface area (Å²) in [5.74, 6) is 0.650. The molecule has 1 atom stereocenters. The van der Waals surface area contributed by atoms with Gasteiger partial charge >= 0.3 is 0 Å². The van der Waals surface area contributed by atoms with Crippen LogP contribution in [0.3, 0.4) is 0 Å². The molecule has 1 aromatic rings. The van der Waals surface area contributed by atoms with E-state index in [0.29, 0.717) is 6.42 Å². The summed E-state index contributed by atoms with van der Waals surface area (Å²) in [6.45, 7) is 0. The van der Waals surface area contributed by atoms with E-state index in [4.69, 9.17) is 5.73 Å². The van der Waals surface area contributed by atoms with Crippen molar-refractivity contribution in [2.45, 2.75) is 51.0 Å². The second-order valence-electron chi connectivity index (χ2n) is 5.30. The number of nitrogens with two attached hydrogens (primary N) is 1. The van der Waals surface area contributed by atoms with Crippen LogP contribution in [-0.4, -0.2) is 6.04 Å². The van der Waals surface area contributed by atoms with Gasteiger partial charge in [0, 0.05) is 6.04 Å². The summed E-state index contributed by atoms with van der Waals surface area (Å²) in [5, 5.41) is 0. The van der Waals surface area contributed by atoms with Gasteiger partial charge in [-0.15, -0.1) is 0 Å². The van der Waals surface area contributed by atoms with Crippen molar-refractivity contribution in [1.82, 2.24) is 0 Å². The maximum atomic E-state index is 13.5. The van der Waals surface area contributed by atoms with Crippen LogP contribution in [-0.2, 0) is 6.42 Å². The summed E-state index contributed by atoms with van der Waals surface area (Å²) in [6, 6.07) is 7.07. The van der Waals surface area contributed by atoms with E-state index in [-0.39, 0.29) is 11.9 Å². The highest BCUT2D eigenvalue weighted by atomic mass is 19.1. The highest BCUT2D eigenvalue weighted by Crippen LogP contribution is 2.27. The van der Waals surface area contributed by atoms with Gasteiger partial charge in [-0.2, -0.15) is 0 Å². The van der Waals surface area contributed by atoms with Crippen LogP contribution in [0.15, 0.2) is 24.3 Å². The van der Waals surface area contributed by atoms with E-state index in [1.807, 2.05) is 12.1 Å². The zero-order valence-electron chi connectivity index (χ0n) is 10.4. The number of benzene rings is 1. The lowest BCUT2D eigenvalue weighted by atomic mass is 9.84. The van der Waals surface area contributed by atoms with Crippen molar-refractivity contribution in [3.63, 3.8) is 0 Å². The third-order valence-electron chi connectivity index (χ3n) is 3.80. The smallest absolute Gasteiger partial charge is 0.126 e. The first-order valence-corrected chi connectivity index (χ1v) is 6.74. The van der Waals surface area contributed by atoms with Gasteiger partial charge in [0.2, 0.25) is 0 Å². The summed E-state index contributed by atoms with van der Waals surface area (Å²) in [7, 11) is 0. The van der Waals surface area contributed by atoms with E-state index >= 15 is 0 Å². The van der Waals surface area contributed by atoms with E-state index in [2.05, 4.69) is 0 Å². The van der Waals surface area contributed by atoms with Crippen LogP contribution in [0, 0.1) is 11.7 Å². The Bertz CT molecular complexity index is 345. The number of hydrogen-bond donors (Lipinski definition) is 1. The quantitative estimate of drug-likeness (QED) is 0.846. The fraction of sp³-hybridized carbons (Fsp3) is 0.600. The molecule has 1 unspecified atom stereocenters. The van der Waals surface area contributed by atoms with Crippen LogP contribution in [0.5, 0.6) is 0 Å². The summed E-state index contributed by atoms with van der Waals surface area (Å²) in [6.07, 6.45) is 8.40. The lowest BCUT2D eigenvalue weighted by Gasteiger charge is -2.24. The minimum absolute atomic E-state index is 0.106. The molecule has 1 aliphatic carbocycles. The first kappa shape index (κ1) is 12.6. The normalized spacial score (nSPS) is 19.2. The molecule has 17 heavy (non-hydrogen) atoms. The van der Waals surface area contributed by atoms with Gasteiger partial charge in [0.15, 0.2) is 0 Å². The van der Waals surface area contributed by atoms with Crippen molar-refractivity contribution in [1.29, 1.82) is 0 Å². The average Bonchev–Trinajstić information content (AvgIpc) is 2.33. The molecule has 1 fully saturated rings. The fourth-order valence-corrected chi connectivity index (χ4v) is 2.88. The molecule has 0 bridgehead atoms. The van der Waals surface area contributed by atoms with E-state index in [1.54, 1.807) is 6.07 Å². The Balaban J connectivity index is 1.84. The molecule has 1 aliphatic rings. The Morgan fingerprint density at radius 3 is 2.59 bits per heavy atom. The van der Waals surface area contributed by atoms with E-state index in [1.165, 1.54) is 38.2 Å². The lowest BCUT2D eigenvalue weighted by Crippen LogP contribution is -2.27. The van der Waals surface area contributed by atoms with Crippen LogP contribution < -0.4 is 5.73 Å². The van der Waals surface area contributed by atoms with Gasteiger partial charge in [0.05, 0.1) is 0 Å². The molecule has 1 aromatic carbocycles. The summed E-state index contributed by atoms with van der Waals surface area (Å²) in [4.78, 5) is 0. The van der Waals surface area contributed by atoms with E-state index in [0.717, 1.165) is 17.9 Å². The minimum Gasteiger partial charge on any atom is -0.327 e. The minimum atomic E-state index is -0.119. The molecule has 0 aliphatic heterocycles. The molecule has 0 heterocycles. The molecule has 94 valence electrons. The van der Waals surface area contributed by atoms with Gasteiger partial charge in [-0.3, -0.25) is 0 Å². The van der Waals surface area contributed by atoms with Crippen molar-refractivity contribution in [3.05, 3.63) is 35.6 Å². The molecule has 0 spiro atoms. The monoisotopic (exact) mass is 235 g/mol. The SMILES string of the molecule is NC(Cc1ccccc1F)CC1CCCCC1. The maximum Gasteiger partial charge on any atom is 0.126 e. The molecule has 2 N–H and O–H groups in total. The molecule has 2 heteroatoms. The highest BCUT2D eigenvalue weighted by molar-refractivity contribution is 5.18. The van der Waals surface area contributed by atoms with Crippen LogP contribution in [0.2, 0.25) is 0 Å². The molecular formula is C15H22FN. The summed E-state index contributed by atoms with van der Waals surface area (Å²) >= 11 is 0. The number of hydrogen-bond acceptors (Lipinski definition) is 1. The van der Waals surface area contributed by atoms with Crippen molar-refractivity contribution in [3.8, 4) is 0 Å². The Hall–Kier alpha value is -0.890. The molecule has 1 saturated carbocycles. The van der Waals surface area contributed by atoms with Gasteiger partial charge < -0.3 is 5.73 Å². The second kappa shape index (κ2) is 6.15. The first-order valence-electron chi connectivity index (χ1n) is 6.74.